The Labute approximate surface area is 134 Å². The minimum atomic E-state index is -3.26. The topological polar surface area (TPSA) is 75.2 Å². The van der Waals surface area contributed by atoms with Gasteiger partial charge in [-0.05, 0) is 38.1 Å². The Bertz CT molecular complexity index is 797. The van der Waals surface area contributed by atoms with E-state index in [4.69, 9.17) is 11.6 Å². The van der Waals surface area contributed by atoms with Gasteiger partial charge in [-0.1, -0.05) is 11.6 Å². The van der Waals surface area contributed by atoms with Crippen LogP contribution in [0, 0.1) is 0 Å². The van der Waals surface area contributed by atoms with Gasteiger partial charge in [-0.15, -0.1) is 0 Å². The zero-order chi connectivity index (χ0) is 15.7. The average Bonchev–Trinajstić information content (AvgIpc) is 2.54. The molecule has 0 unspecified atom stereocenters. The third-order valence-electron chi connectivity index (χ3n) is 3.92. The van der Waals surface area contributed by atoms with Gasteiger partial charge in [0.2, 0.25) is 10.0 Å². The summed E-state index contributed by atoms with van der Waals surface area (Å²) in [7, 11) is -1.81. The minimum Gasteiger partial charge on any atom is -0.355 e. The van der Waals surface area contributed by atoms with Crippen molar-refractivity contribution in [2.24, 2.45) is 0 Å². The van der Waals surface area contributed by atoms with Crippen molar-refractivity contribution in [2.45, 2.75) is 18.1 Å². The van der Waals surface area contributed by atoms with Crippen LogP contribution in [0.1, 0.15) is 12.8 Å². The number of nitrogens with one attached hydrogen (secondary N) is 1. The fourth-order valence-corrected chi connectivity index (χ4v) is 4.07. The zero-order valence-electron chi connectivity index (χ0n) is 12.2. The number of hydrogen-bond donors (Lipinski definition) is 1. The summed E-state index contributed by atoms with van der Waals surface area (Å²) < 4.78 is 26.4. The van der Waals surface area contributed by atoms with Gasteiger partial charge in [-0.25, -0.2) is 23.1 Å². The molecule has 22 heavy (non-hydrogen) atoms. The smallest absolute Gasteiger partial charge is 0.215 e. The summed E-state index contributed by atoms with van der Waals surface area (Å²) >= 11 is 5.92. The molecule has 1 aliphatic heterocycles. The predicted molar refractivity (Wildman–Crippen MR) is 87.8 cm³/mol. The number of halogens is 1. The molecule has 2 aromatic heterocycles. The van der Waals surface area contributed by atoms with Crippen molar-refractivity contribution in [1.82, 2.24) is 14.7 Å². The van der Waals surface area contributed by atoms with Gasteiger partial charge in [0.25, 0.3) is 0 Å². The Balaban J connectivity index is 1.89. The lowest BCUT2D eigenvalue weighted by Gasteiger charge is -2.33. The second-order valence-corrected chi connectivity index (χ2v) is 7.93. The summed E-state index contributed by atoms with van der Waals surface area (Å²) in [6.45, 7) is 1.23. The van der Waals surface area contributed by atoms with Crippen LogP contribution in [0.5, 0.6) is 0 Å². The van der Waals surface area contributed by atoms with Crippen LogP contribution in [0.25, 0.3) is 11.0 Å². The van der Waals surface area contributed by atoms with Crippen molar-refractivity contribution in [2.75, 3.05) is 25.0 Å². The van der Waals surface area contributed by atoms with Crippen molar-refractivity contribution < 1.29 is 8.42 Å². The number of fused-ring (bicyclic) bond motifs is 1. The highest BCUT2D eigenvalue weighted by molar-refractivity contribution is 7.90. The molecular formula is C14H17ClN4O2S. The molecular weight excluding hydrogens is 324 g/mol. The Morgan fingerprint density at radius 3 is 3.00 bits per heavy atom. The first-order valence-electron chi connectivity index (χ1n) is 7.09. The van der Waals surface area contributed by atoms with Gasteiger partial charge < -0.3 is 4.90 Å². The Morgan fingerprint density at radius 1 is 1.41 bits per heavy atom. The van der Waals surface area contributed by atoms with Crippen molar-refractivity contribution in [1.29, 1.82) is 0 Å². The SMILES string of the molecule is CNS(=O)(=O)[C@H]1CCCN(c2ccc3cc(Cl)cnc3n2)C1. The lowest BCUT2D eigenvalue weighted by atomic mass is 10.1. The van der Waals surface area contributed by atoms with E-state index in [-0.39, 0.29) is 0 Å². The second kappa shape index (κ2) is 5.98. The largest absolute Gasteiger partial charge is 0.355 e. The van der Waals surface area contributed by atoms with Crippen molar-refractivity contribution >= 4 is 38.5 Å². The van der Waals surface area contributed by atoms with Crippen LogP contribution in [0.3, 0.4) is 0 Å². The molecule has 0 aromatic carbocycles. The normalized spacial score (nSPS) is 19.5. The van der Waals surface area contributed by atoms with Crippen LogP contribution in [0.4, 0.5) is 5.82 Å². The van der Waals surface area contributed by atoms with Gasteiger partial charge in [0.05, 0.1) is 10.3 Å². The maximum Gasteiger partial charge on any atom is 0.215 e. The van der Waals surface area contributed by atoms with E-state index in [1.54, 1.807) is 6.20 Å². The first-order valence-corrected chi connectivity index (χ1v) is 9.01. The number of hydrogen-bond acceptors (Lipinski definition) is 5. The van der Waals surface area contributed by atoms with Gasteiger partial charge in [0.1, 0.15) is 5.82 Å². The molecule has 0 bridgehead atoms. The molecule has 0 aliphatic carbocycles. The minimum absolute atomic E-state index is 0.415. The van der Waals surface area contributed by atoms with Crippen LogP contribution in [-0.4, -0.2) is 43.8 Å². The quantitative estimate of drug-likeness (QED) is 0.922. The fourth-order valence-electron chi connectivity index (χ4n) is 2.72. The summed E-state index contributed by atoms with van der Waals surface area (Å²) in [4.78, 5) is 10.7. The summed E-state index contributed by atoms with van der Waals surface area (Å²) in [6.07, 6.45) is 3.05. The van der Waals surface area contributed by atoms with Gasteiger partial charge in [0, 0.05) is 24.7 Å². The van der Waals surface area contributed by atoms with E-state index in [2.05, 4.69) is 14.7 Å². The number of aromatic nitrogens is 2. The van der Waals surface area contributed by atoms with E-state index in [9.17, 15) is 8.42 Å². The summed E-state index contributed by atoms with van der Waals surface area (Å²) in [5.41, 5.74) is 0.612. The Hall–Kier alpha value is -1.44. The molecule has 0 spiro atoms. The van der Waals surface area contributed by atoms with E-state index >= 15 is 0 Å². The third-order valence-corrected chi connectivity index (χ3v) is 5.96. The lowest BCUT2D eigenvalue weighted by molar-refractivity contribution is 0.524. The number of pyridine rings is 2. The number of rotatable bonds is 3. The molecule has 118 valence electrons. The van der Waals surface area contributed by atoms with E-state index in [1.165, 1.54) is 7.05 Å². The highest BCUT2D eigenvalue weighted by Crippen LogP contribution is 2.24. The highest BCUT2D eigenvalue weighted by Gasteiger charge is 2.30. The van der Waals surface area contributed by atoms with Crippen LogP contribution in [0.2, 0.25) is 5.02 Å². The fraction of sp³-hybridized carbons (Fsp3) is 0.429. The molecule has 0 radical (unpaired) electrons. The van der Waals surface area contributed by atoms with Crippen molar-refractivity contribution in [3.05, 3.63) is 29.4 Å². The number of sulfonamides is 1. The molecule has 1 N–H and O–H groups in total. The van der Waals surface area contributed by atoms with Crippen LogP contribution in [0.15, 0.2) is 24.4 Å². The monoisotopic (exact) mass is 340 g/mol. The summed E-state index contributed by atoms with van der Waals surface area (Å²) in [6, 6.07) is 5.60. The molecule has 1 aliphatic rings. The van der Waals surface area contributed by atoms with Crippen molar-refractivity contribution in [3.8, 4) is 0 Å². The van der Waals surface area contributed by atoms with Gasteiger partial charge in [-0.2, -0.15) is 0 Å². The Kier molecular flexibility index (Phi) is 4.20. The first kappa shape index (κ1) is 15.5. The molecule has 0 saturated carbocycles. The van der Waals surface area contributed by atoms with Gasteiger partial charge >= 0.3 is 0 Å². The summed E-state index contributed by atoms with van der Waals surface area (Å²) in [5, 5.41) is 1.02. The van der Waals surface area contributed by atoms with E-state index < -0.39 is 15.3 Å². The molecule has 2 aromatic rings. The van der Waals surface area contributed by atoms with Gasteiger partial charge in [0.15, 0.2) is 5.65 Å². The lowest BCUT2D eigenvalue weighted by Crippen LogP contribution is -2.45. The number of anilines is 1. The maximum atomic E-state index is 12.0. The molecule has 1 saturated heterocycles. The Morgan fingerprint density at radius 2 is 2.23 bits per heavy atom. The third kappa shape index (κ3) is 3.02. The summed E-state index contributed by atoms with van der Waals surface area (Å²) in [5.74, 6) is 0.748. The van der Waals surface area contributed by atoms with E-state index in [0.29, 0.717) is 23.6 Å². The maximum absolute atomic E-state index is 12.0. The van der Waals surface area contributed by atoms with Gasteiger partial charge in [-0.3, -0.25) is 0 Å². The average molecular weight is 341 g/mol. The number of nitrogens with zero attached hydrogens (tertiary/aromatic N) is 3. The van der Waals surface area contributed by atoms with Crippen LogP contribution in [-0.2, 0) is 10.0 Å². The zero-order valence-corrected chi connectivity index (χ0v) is 13.7. The number of piperidine rings is 1. The van der Waals surface area contributed by atoms with Crippen LogP contribution < -0.4 is 9.62 Å². The van der Waals surface area contributed by atoms with E-state index in [1.807, 2.05) is 23.1 Å². The molecule has 1 atom stereocenters. The highest BCUT2D eigenvalue weighted by atomic mass is 35.5. The molecule has 1 fully saturated rings. The van der Waals surface area contributed by atoms with E-state index in [0.717, 1.165) is 24.2 Å². The van der Waals surface area contributed by atoms with Crippen LogP contribution >= 0.6 is 11.6 Å². The first-order chi connectivity index (χ1) is 10.5. The predicted octanol–water partition coefficient (Wildman–Crippen LogP) is 1.80. The molecule has 8 heteroatoms. The van der Waals surface area contributed by atoms with Crippen molar-refractivity contribution in [3.63, 3.8) is 0 Å². The molecule has 3 heterocycles. The second-order valence-electron chi connectivity index (χ2n) is 5.33. The standard InChI is InChI=1S/C14H17ClN4O2S/c1-16-22(20,21)12-3-2-6-19(9-12)13-5-4-10-7-11(15)8-17-14(10)18-13/h4-5,7-8,12,16H,2-3,6,9H2,1H3/t12-/m0/s1. The molecule has 6 nitrogen and oxygen atoms in total. The molecule has 0 amide bonds. The molecule has 3 rings (SSSR count).